The first kappa shape index (κ1) is 17.1. The highest BCUT2D eigenvalue weighted by Crippen LogP contribution is 2.44. The molecule has 0 aromatic heterocycles. The fourth-order valence-corrected chi connectivity index (χ4v) is 3.10. The lowest BCUT2D eigenvalue weighted by Crippen LogP contribution is -2.36. The van der Waals surface area contributed by atoms with Gasteiger partial charge in [-0.25, -0.2) is 0 Å². The van der Waals surface area contributed by atoms with E-state index >= 15 is 0 Å². The normalized spacial score (nSPS) is 26.8. The van der Waals surface area contributed by atoms with Crippen LogP contribution in [0.1, 0.15) is 46.1 Å². The molecule has 0 amide bonds. The Labute approximate surface area is 133 Å². The Morgan fingerprint density at radius 1 is 1.32 bits per heavy atom. The summed E-state index contributed by atoms with van der Waals surface area (Å²) in [5.74, 6) is 1.75. The zero-order valence-corrected chi connectivity index (χ0v) is 14.6. The van der Waals surface area contributed by atoms with Crippen LogP contribution in [0.25, 0.3) is 0 Å². The first-order chi connectivity index (χ1) is 10.2. The summed E-state index contributed by atoms with van der Waals surface area (Å²) in [6.45, 7) is 11.8. The van der Waals surface area contributed by atoms with E-state index in [4.69, 9.17) is 9.47 Å². The number of ether oxygens (including phenoxy) is 2. The summed E-state index contributed by atoms with van der Waals surface area (Å²) in [5.41, 5.74) is 0.717. The summed E-state index contributed by atoms with van der Waals surface area (Å²) in [7, 11) is 1.65. The minimum atomic E-state index is -0.374. The predicted octanol–water partition coefficient (Wildman–Crippen LogP) is 2.95. The second-order valence-electron chi connectivity index (χ2n) is 7.49. The van der Waals surface area contributed by atoms with E-state index in [-0.39, 0.29) is 23.0 Å². The lowest BCUT2D eigenvalue weighted by atomic mass is 9.72. The van der Waals surface area contributed by atoms with E-state index in [2.05, 4.69) is 24.4 Å². The van der Waals surface area contributed by atoms with E-state index in [9.17, 15) is 5.11 Å². The fourth-order valence-electron chi connectivity index (χ4n) is 3.10. The van der Waals surface area contributed by atoms with Crippen molar-refractivity contribution in [3.05, 3.63) is 23.8 Å². The number of methoxy groups -OCH3 is 1. The van der Waals surface area contributed by atoms with Crippen molar-refractivity contribution in [1.29, 1.82) is 0 Å². The summed E-state index contributed by atoms with van der Waals surface area (Å²) in [5, 5.41) is 13.6. The molecule has 1 aromatic carbocycles. The first-order valence-electron chi connectivity index (χ1n) is 7.93. The third-order valence-electron chi connectivity index (χ3n) is 4.61. The molecule has 2 N–H and O–H groups in total. The van der Waals surface area contributed by atoms with E-state index in [1.165, 1.54) is 5.56 Å². The van der Waals surface area contributed by atoms with Gasteiger partial charge in [0.2, 0.25) is 0 Å². The summed E-state index contributed by atoms with van der Waals surface area (Å²) >= 11 is 0. The van der Waals surface area contributed by atoms with Gasteiger partial charge in [0.15, 0.2) is 11.5 Å². The summed E-state index contributed by atoms with van der Waals surface area (Å²) in [4.78, 5) is 0. The molecule has 0 radical (unpaired) electrons. The summed E-state index contributed by atoms with van der Waals surface area (Å²) < 4.78 is 11.5. The Hall–Kier alpha value is -1.26. The van der Waals surface area contributed by atoms with Gasteiger partial charge >= 0.3 is 0 Å². The molecule has 1 heterocycles. The molecule has 3 atom stereocenters. The van der Waals surface area contributed by atoms with Gasteiger partial charge < -0.3 is 19.9 Å². The zero-order valence-electron chi connectivity index (χ0n) is 14.6. The number of hydrogen-bond acceptors (Lipinski definition) is 4. The first-order valence-corrected chi connectivity index (χ1v) is 7.93. The molecule has 4 nitrogen and oxygen atoms in total. The molecule has 0 aliphatic carbocycles. The van der Waals surface area contributed by atoms with Gasteiger partial charge in [0.25, 0.3) is 0 Å². The van der Waals surface area contributed by atoms with Crippen molar-refractivity contribution in [2.45, 2.75) is 52.2 Å². The Bertz CT molecular complexity index is 522. The molecular formula is C18H29NO3. The molecule has 1 fully saturated rings. The molecule has 124 valence electrons. The maximum Gasteiger partial charge on any atom is 0.162 e. The van der Waals surface area contributed by atoms with Crippen molar-refractivity contribution >= 4 is 0 Å². The molecule has 1 aliphatic rings. The van der Waals surface area contributed by atoms with Gasteiger partial charge in [-0.05, 0) is 45.4 Å². The van der Waals surface area contributed by atoms with Crippen LogP contribution in [-0.2, 0) is 0 Å². The van der Waals surface area contributed by atoms with E-state index in [0.29, 0.717) is 0 Å². The molecule has 2 rings (SSSR count). The quantitative estimate of drug-likeness (QED) is 0.898. The van der Waals surface area contributed by atoms with E-state index in [0.717, 1.165) is 24.6 Å². The predicted molar refractivity (Wildman–Crippen MR) is 88.8 cm³/mol. The summed E-state index contributed by atoms with van der Waals surface area (Å²) in [6, 6.07) is 6.09. The van der Waals surface area contributed by atoms with Gasteiger partial charge in [0, 0.05) is 24.4 Å². The summed E-state index contributed by atoms with van der Waals surface area (Å²) in [6.07, 6.45) is -0.374. The maximum atomic E-state index is 10.2. The lowest BCUT2D eigenvalue weighted by molar-refractivity contribution is 0.0547. The molecule has 1 aromatic rings. The molecule has 0 saturated carbocycles. The Morgan fingerprint density at radius 2 is 2.00 bits per heavy atom. The molecular weight excluding hydrogens is 278 g/mol. The molecule has 22 heavy (non-hydrogen) atoms. The van der Waals surface area contributed by atoms with Gasteiger partial charge in [0.1, 0.15) is 5.60 Å². The van der Waals surface area contributed by atoms with Crippen molar-refractivity contribution in [2.75, 3.05) is 20.2 Å². The van der Waals surface area contributed by atoms with Crippen LogP contribution in [0.3, 0.4) is 0 Å². The minimum Gasteiger partial charge on any atom is -0.493 e. The average Bonchev–Trinajstić information content (AvgIpc) is 2.80. The molecule has 4 heteroatoms. The largest absolute Gasteiger partial charge is 0.493 e. The number of aliphatic hydroxyl groups is 1. The number of hydrogen-bond donors (Lipinski definition) is 2. The van der Waals surface area contributed by atoms with E-state index in [1.807, 2.05) is 33.8 Å². The highest BCUT2D eigenvalue weighted by molar-refractivity contribution is 5.45. The van der Waals surface area contributed by atoms with Crippen LogP contribution in [0.5, 0.6) is 11.5 Å². The van der Waals surface area contributed by atoms with Gasteiger partial charge in [-0.15, -0.1) is 0 Å². The zero-order chi connectivity index (χ0) is 16.5. The van der Waals surface area contributed by atoms with E-state index in [1.54, 1.807) is 7.11 Å². The van der Waals surface area contributed by atoms with Crippen LogP contribution in [0.15, 0.2) is 18.2 Å². The standard InChI is InChI=1S/C18H29NO3/c1-12(20)18(5)11-19-10-14(18)13-7-8-15(21-6)16(9-13)22-17(2,3)4/h7-9,12,14,19-20H,10-11H2,1-6H3/t12-,14+,18?/m1/s1. The third kappa shape index (κ3) is 3.39. The number of rotatable bonds is 4. The average molecular weight is 307 g/mol. The molecule has 1 unspecified atom stereocenters. The SMILES string of the molecule is COc1ccc([C@@H]2CNCC2(C)[C@@H](C)O)cc1OC(C)(C)C. The van der Waals surface area contributed by atoms with Gasteiger partial charge in [0.05, 0.1) is 13.2 Å². The monoisotopic (exact) mass is 307 g/mol. The number of aliphatic hydroxyl groups excluding tert-OH is 1. The second-order valence-corrected chi connectivity index (χ2v) is 7.49. The Balaban J connectivity index is 2.38. The van der Waals surface area contributed by atoms with E-state index < -0.39 is 0 Å². The van der Waals surface area contributed by atoms with Crippen LogP contribution in [-0.4, -0.2) is 37.0 Å². The molecule has 0 spiro atoms. The van der Waals surface area contributed by atoms with Crippen LogP contribution >= 0.6 is 0 Å². The van der Waals surface area contributed by atoms with Gasteiger partial charge in [-0.2, -0.15) is 0 Å². The smallest absolute Gasteiger partial charge is 0.162 e. The number of nitrogens with one attached hydrogen (secondary N) is 1. The van der Waals surface area contributed by atoms with Gasteiger partial charge in [-0.1, -0.05) is 13.0 Å². The Kier molecular flexibility index (Phi) is 4.73. The highest BCUT2D eigenvalue weighted by atomic mass is 16.5. The van der Waals surface area contributed by atoms with Crippen molar-refractivity contribution in [2.24, 2.45) is 5.41 Å². The van der Waals surface area contributed by atoms with Crippen LogP contribution in [0.4, 0.5) is 0 Å². The van der Waals surface area contributed by atoms with Crippen LogP contribution in [0, 0.1) is 5.41 Å². The lowest BCUT2D eigenvalue weighted by Gasteiger charge is -2.34. The topological polar surface area (TPSA) is 50.7 Å². The van der Waals surface area contributed by atoms with Crippen LogP contribution in [0.2, 0.25) is 0 Å². The van der Waals surface area contributed by atoms with Crippen molar-refractivity contribution in [3.8, 4) is 11.5 Å². The van der Waals surface area contributed by atoms with Crippen molar-refractivity contribution in [1.82, 2.24) is 5.32 Å². The van der Waals surface area contributed by atoms with Crippen molar-refractivity contribution < 1.29 is 14.6 Å². The molecule has 1 aliphatic heterocycles. The van der Waals surface area contributed by atoms with Crippen molar-refractivity contribution in [3.63, 3.8) is 0 Å². The third-order valence-corrected chi connectivity index (χ3v) is 4.61. The maximum absolute atomic E-state index is 10.2. The molecule has 1 saturated heterocycles. The Morgan fingerprint density at radius 3 is 2.55 bits per heavy atom. The minimum absolute atomic E-state index is 0.173. The number of benzene rings is 1. The van der Waals surface area contributed by atoms with Crippen LogP contribution < -0.4 is 14.8 Å². The molecule has 0 bridgehead atoms. The fraction of sp³-hybridized carbons (Fsp3) is 0.667. The second kappa shape index (κ2) is 6.09. The van der Waals surface area contributed by atoms with Gasteiger partial charge in [-0.3, -0.25) is 0 Å². The highest BCUT2D eigenvalue weighted by Gasteiger charge is 2.43.